The maximum atomic E-state index is 13.3. The number of carbonyl (C=O) groups is 1. The van der Waals surface area contributed by atoms with E-state index in [1.165, 1.54) is 12.8 Å². The third-order valence-corrected chi connectivity index (χ3v) is 22.0. The van der Waals surface area contributed by atoms with Crippen LogP contribution in [0.25, 0.3) is 0 Å². The smallest absolute Gasteiger partial charge is 0.243 e. The van der Waals surface area contributed by atoms with Gasteiger partial charge in [-0.15, -0.1) is 0 Å². The number of allylic oxidation sites excluding steroid dienone is 5. The minimum atomic E-state index is -2.38. The molecule has 0 aliphatic heterocycles. The van der Waals surface area contributed by atoms with Gasteiger partial charge in [-0.3, -0.25) is 4.79 Å². The molecule has 274 valence electrons. The van der Waals surface area contributed by atoms with Crippen molar-refractivity contribution in [3.8, 4) is 0 Å². The lowest BCUT2D eigenvalue weighted by atomic mass is 9.64. The summed E-state index contributed by atoms with van der Waals surface area (Å²) in [6.45, 7) is 38.9. The first-order chi connectivity index (χ1) is 22.0. The normalized spacial score (nSPS) is 29.1. The Bertz CT molecular complexity index is 1260. The van der Waals surface area contributed by atoms with E-state index in [1.54, 1.807) is 23.1 Å². The van der Waals surface area contributed by atoms with Crippen molar-refractivity contribution in [3.05, 3.63) is 47.1 Å². The lowest BCUT2D eigenvalue weighted by Gasteiger charge is -2.51. The summed E-state index contributed by atoms with van der Waals surface area (Å²) in [7, 11) is -4.59. The van der Waals surface area contributed by atoms with E-state index in [1.807, 2.05) is 0 Å². The average molecular weight is 700 g/mol. The molecule has 1 amide bonds. The molecule has 0 aromatic heterocycles. The molecule has 2 saturated carbocycles. The van der Waals surface area contributed by atoms with Crippen LogP contribution in [0.4, 0.5) is 0 Å². The van der Waals surface area contributed by atoms with Gasteiger partial charge < -0.3 is 8.85 Å². The molecule has 0 N–H and O–H groups in total. The van der Waals surface area contributed by atoms with E-state index < -0.39 is 22.4 Å². The third-order valence-electron chi connectivity index (χ3n) is 13.0. The Morgan fingerprint density at radius 3 is 2.17 bits per heavy atom. The Hall–Kier alpha value is -1.26. The van der Waals surface area contributed by atoms with Gasteiger partial charge in [-0.05, 0) is 96.8 Å². The second kappa shape index (κ2) is 15.2. The summed E-state index contributed by atoms with van der Waals surface area (Å²) in [5.41, 5.74) is 5.60. The summed E-state index contributed by atoms with van der Waals surface area (Å²) in [5, 5.41) is 1.59. The standard InChI is InChI=1S/C41H73NO4Si2/c1-17-32(18-2)29-42(31(5)43)45-41(46-48(15,16)39(9,10)11)27-34(30(4)37(28-41)44-47(13,14)38(6,7)8)23-22-33-21-20-26-40(12)35(19-3)24-25-36(33)40/h22-24,32,36-37H,4,17-21,25-29H2,1-3,5-16H3/t36-,37-,40+,41+/m0/s1. The minimum Gasteiger partial charge on any atom is -0.410 e. The molecular weight excluding hydrogens is 627 g/mol. The first-order valence-corrected chi connectivity index (χ1v) is 24.9. The molecule has 48 heavy (non-hydrogen) atoms. The largest absolute Gasteiger partial charge is 0.410 e. The molecule has 3 aliphatic rings. The van der Waals surface area contributed by atoms with E-state index in [2.05, 4.69) is 114 Å². The van der Waals surface area contributed by atoms with Gasteiger partial charge in [-0.1, -0.05) is 118 Å². The molecule has 0 bridgehead atoms. The summed E-state index contributed by atoms with van der Waals surface area (Å²) in [4.78, 5) is 20.3. The Balaban J connectivity index is 2.19. The van der Waals surface area contributed by atoms with Crippen molar-refractivity contribution in [2.24, 2.45) is 17.3 Å². The highest BCUT2D eigenvalue weighted by Gasteiger charge is 2.53. The maximum absolute atomic E-state index is 13.3. The van der Waals surface area contributed by atoms with Crippen molar-refractivity contribution in [2.45, 2.75) is 182 Å². The van der Waals surface area contributed by atoms with Gasteiger partial charge in [0.15, 0.2) is 22.4 Å². The van der Waals surface area contributed by atoms with Crippen LogP contribution in [-0.2, 0) is 18.5 Å². The van der Waals surface area contributed by atoms with Crippen LogP contribution in [-0.4, -0.2) is 46.0 Å². The second-order valence-electron chi connectivity index (χ2n) is 18.5. The molecular formula is C41H73NO4Si2. The van der Waals surface area contributed by atoms with Crippen molar-refractivity contribution in [2.75, 3.05) is 6.54 Å². The molecule has 4 atom stereocenters. The zero-order valence-corrected chi connectivity index (χ0v) is 35.8. The summed E-state index contributed by atoms with van der Waals surface area (Å²) in [6.07, 6.45) is 15.9. The first kappa shape index (κ1) is 41.2. The lowest BCUT2D eigenvalue weighted by Crippen LogP contribution is -2.58. The van der Waals surface area contributed by atoms with E-state index in [9.17, 15) is 4.79 Å². The highest BCUT2D eigenvalue weighted by atomic mass is 28.4. The number of amides is 1. The van der Waals surface area contributed by atoms with E-state index in [0.29, 0.717) is 31.2 Å². The van der Waals surface area contributed by atoms with Gasteiger partial charge in [0, 0.05) is 19.8 Å². The zero-order valence-electron chi connectivity index (χ0n) is 33.8. The molecule has 0 spiro atoms. The molecule has 2 fully saturated rings. The van der Waals surface area contributed by atoms with Crippen LogP contribution in [0.15, 0.2) is 47.1 Å². The summed E-state index contributed by atoms with van der Waals surface area (Å²) in [5.74, 6) is -0.220. The molecule has 0 unspecified atom stereocenters. The fraction of sp³-hybridized carbons (Fsp3) is 0.780. The minimum absolute atomic E-state index is 0.0281. The summed E-state index contributed by atoms with van der Waals surface area (Å²) in [6, 6.07) is 0. The van der Waals surface area contributed by atoms with E-state index >= 15 is 0 Å². The number of carbonyl (C=O) groups excluding carboxylic acids is 1. The molecule has 0 saturated heterocycles. The Labute approximate surface area is 298 Å². The molecule has 5 nitrogen and oxygen atoms in total. The molecule has 3 aliphatic carbocycles. The molecule has 0 aromatic carbocycles. The molecule has 0 heterocycles. The van der Waals surface area contributed by atoms with E-state index in [0.717, 1.165) is 43.3 Å². The van der Waals surface area contributed by atoms with Gasteiger partial charge in [0.2, 0.25) is 5.91 Å². The quantitative estimate of drug-likeness (QED) is 0.0880. The first-order valence-electron chi connectivity index (χ1n) is 19.1. The summed E-state index contributed by atoms with van der Waals surface area (Å²) >= 11 is 0. The Morgan fingerprint density at radius 2 is 1.65 bits per heavy atom. The highest BCUT2D eigenvalue weighted by molar-refractivity contribution is 6.74. The number of hydrogen-bond donors (Lipinski definition) is 0. The van der Waals surface area contributed by atoms with Crippen LogP contribution < -0.4 is 0 Å². The Kier molecular flexibility index (Phi) is 13.0. The van der Waals surface area contributed by atoms with Gasteiger partial charge in [0.05, 0.1) is 12.6 Å². The number of hydrogen-bond acceptors (Lipinski definition) is 4. The molecule has 0 radical (unpaired) electrons. The highest BCUT2D eigenvalue weighted by Crippen LogP contribution is 2.56. The third kappa shape index (κ3) is 8.96. The number of rotatable bonds is 12. The average Bonchev–Trinajstić information content (AvgIpc) is 3.31. The fourth-order valence-electron chi connectivity index (χ4n) is 7.56. The summed E-state index contributed by atoms with van der Waals surface area (Å²) < 4.78 is 14.7. The van der Waals surface area contributed by atoms with Gasteiger partial charge in [0.1, 0.15) is 0 Å². The van der Waals surface area contributed by atoms with E-state index in [-0.39, 0.29) is 27.5 Å². The number of hydroxylamine groups is 2. The lowest BCUT2D eigenvalue weighted by molar-refractivity contribution is -0.319. The van der Waals surface area contributed by atoms with E-state index in [4.69, 9.17) is 20.3 Å². The Morgan fingerprint density at radius 1 is 1.04 bits per heavy atom. The van der Waals surface area contributed by atoms with Crippen molar-refractivity contribution in [1.82, 2.24) is 5.06 Å². The van der Waals surface area contributed by atoms with Crippen LogP contribution in [0.5, 0.6) is 0 Å². The topological polar surface area (TPSA) is 48.0 Å². The molecule has 3 rings (SSSR count). The van der Waals surface area contributed by atoms with Crippen LogP contribution in [0.3, 0.4) is 0 Å². The molecule has 7 heteroatoms. The second-order valence-corrected chi connectivity index (χ2v) is 28.0. The van der Waals surface area contributed by atoms with Gasteiger partial charge in [-0.2, -0.15) is 0 Å². The van der Waals surface area contributed by atoms with Crippen LogP contribution in [0.1, 0.15) is 134 Å². The van der Waals surface area contributed by atoms with Crippen LogP contribution in [0, 0.1) is 17.3 Å². The maximum Gasteiger partial charge on any atom is 0.243 e. The van der Waals surface area contributed by atoms with Gasteiger partial charge in [0.25, 0.3) is 0 Å². The van der Waals surface area contributed by atoms with Gasteiger partial charge >= 0.3 is 0 Å². The van der Waals surface area contributed by atoms with Crippen LogP contribution >= 0.6 is 0 Å². The predicted molar refractivity (Wildman–Crippen MR) is 209 cm³/mol. The van der Waals surface area contributed by atoms with Crippen molar-refractivity contribution < 1.29 is 18.5 Å². The molecule has 0 aromatic rings. The monoisotopic (exact) mass is 700 g/mol. The fourth-order valence-corrected chi connectivity index (χ4v) is 10.3. The SMILES string of the molecule is C=C1C(=CC=C2CCC[C@]3(C)C(CC)=CC[C@@H]23)C[C@@](ON(CC(CC)CC)C(C)=O)(O[Si](C)(C)C(C)(C)C)C[C@@H]1O[Si](C)(C)C(C)(C)C. The van der Waals surface area contributed by atoms with Crippen LogP contribution in [0.2, 0.25) is 36.3 Å². The zero-order chi connectivity index (χ0) is 36.5. The van der Waals surface area contributed by atoms with Crippen molar-refractivity contribution in [1.29, 1.82) is 0 Å². The number of nitrogens with zero attached hydrogens (tertiary/aromatic N) is 1. The van der Waals surface area contributed by atoms with Gasteiger partial charge in [-0.25, -0.2) is 9.90 Å². The number of fused-ring (bicyclic) bond motifs is 1. The van der Waals surface area contributed by atoms with Crippen molar-refractivity contribution >= 4 is 22.5 Å². The predicted octanol–water partition coefficient (Wildman–Crippen LogP) is 12.1. The van der Waals surface area contributed by atoms with Crippen molar-refractivity contribution in [3.63, 3.8) is 0 Å².